The molecular weight excluding hydrogens is 464 g/mol. The molecule has 0 atom stereocenters. The minimum atomic E-state index is -0.345. The molecule has 0 aliphatic rings. The first-order valence-electron chi connectivity index (χ1n) is 9.11. The van der Waals surface area contributed by atoms with E-state index in [4.69, 9.17) is 0 Å². The van der Waals surface area contributed by atoms with Crippen LogP contribution in [0.15, 0.2) is 59.3 Å². The highest BCUT2D eigenvalue weighted by Crippen LogP contribution is 2.28. The zero-order chi connectivity index (χ0) is 21.3. The molecule has 4 aromatic rings. The van der Waals surface area contributed by atoms with E-state index in [-0.39, 0.29) is 11.8 Å². The van der Waals surface area contributed by atoms with Gasteiger partial charge in [-0.1, -0.05) is 29.5 Å². The number of rotatable bonds is 4. The zero-order valence-electron chi connectivity index (χ0n) is 16.2. The van der Waals surface area contributed by atoms with Crippen molar-refractivity contribution >= 4 is 60.1 Å². The lowest BCUT2D eigenvalue weighted by Gasteiger charge is -2.13. The van der Waals surface area contributed by atoms with Gasteiger partial charge in [-0.3, -0.25) is 19.9 Å². The summed E-state index contributed by atoms with van der Waals surface area (Å²) in [6, 6.07) is 12.9. The summed E-state index contributed by atoms with van der Waals surface area (Å²) in [6.45, 7) is 3.85. The number of hydrogen-bond donors (Lipinski definition) is 2. The van der Waals surface area contributed by atoms with E-state index in [9.17, 15) is 9.59 Å². The standard InChI is InChI=1S/C22H17BrN4O2S/c1-12-6-7-17-18(8-12)30-22(25-17)27-21(29)16-5-3-4-13(2)19(16)26-20(28)14-9-15(23)11-24-10-14/h3-11H,1-2H3,(H,26,28)(H,25,27,29). The fourth-order valence-electron chi connectivity index (χ4n) is 2.99. The number of aryl methyl sites for hydroxylation is 2. The third-order valence-corrected chi connectivity index (χ3v) is 5.85. The minimum absolute atomic E-state index is 0.336. The molecule has 0 radical (unpaired) electrons. The molecule has 150 valence electrons. The Hall–Kier alpha value is -3.10. The van der Waals surface area contributed by atoms with Gasteiger partial charge in [0.2, 0.25) is 0 Å². The van der Waals surface area contributed by atoms with Crippen LogP contribution in [0.5, 0.6) is 0 Å². The van der Waals surface area contributed by atoms with Crippen LogP contribution in [0.1, 0.15) is 31.8 Å². The summed E-state index contributed by atoms with van der Waals surface area (Å²) in [5.41, 5.74) is 3.95. The number of para-hydroxylation sites is 1. The molecule has 30 heavy (non-hydrogen) atoms. The molecule has 2 aromatic carbocycles. The number of benzene rings is 2. The fraction of sp³-hybridized carbons (Fsp3) is 0.0909. The van der Waals surface area contributed by atoms with Gasteiger partial charge in [0.05, 0.1) is 27.0 Å². The van der Waals surface area contributed by atoms with Gasteiger partial charge in [-0.15, -0.1) is 0 Å². The Bertz CT molecular complexity index is 1290. The lowest BCUT2D eigenvalue weighted by atomic mass is 10.1. The molecule has 2 N–H and O–H groups in total. The smallest absolute Gasteiger partial charge is 0.259 e. The number of amides is 2. The molecule has 0 fully saturated rings. The monoisotopic (exact) mass is 480 g/mol. The number of pyridine rings is 1. The van der Waals surface area contributed by atoms with Gasteiger partial charge in [0.15, 0.2) is 5.13 Å². The van der Waals surface area contributed by atoms with Gasteiger partial charge >= 0.3 is 0 Å². The van der Waals surface area contributed by atoms with Crippen molar-refractivity contribution in [2.75, 3.05) is 10.6 Å². The molecule has 0 aliphatic heterocycles. The Morgan fingerprint density at radius 2 is 1.83 bits per heavy atom. The first-order chi connectivity index (χ1) is 14.4. The Kier molecular flexibility index (Phi) is 5.61. The average molecular weight is 481 g/mol. The van der Waals surface area contributed by atoms with Gasteiger partial charge in [0, 0.05) is 16.9 Å². The molecule has 0 aliphatic carbocycles. The van der Waals surface area contributed by atoms with Crippen LogP contribution in [0, 0.1) is 13.8 Å². The quantitative estimate of drug-likeness (QED) is 0.399. The van der Waals surface area contributed by atoms with E-state index in [0.717, 1.165) is 21.3 Å². The van der Waals surface area contributed by atoms with Crippen molar-refractivity contribution in [2.24, 2.45) is 0 Å². The summed E-state index contributed by atoms with van der Waals surface area (Å²) in [5.74, 6) is -0.681. The maximum Gasteiger partial charge on any atom is 0.259 e. The van der Waals surface area contributed by atoms with Gasteiger partial charge in [-0.2, -0.15) is 0 Å². The van der Waals surface area contributed by atoms with E-state index in [2.05, 4.69) is 36.5 Å². The molecule has 4 rings (SSSR count). The molecule has 0 saturated carbocycles. The highest BCUT2D eigenvalue weighted by Gasteiger charge is 2.18. The lowest BCUT2D eigenvalue weighted by Crippen LogP contribution is -2.19. The first kappa shape index (κ1) is 20.2. The van der Waals surface area contributed by atoms with Crippen LogP contribution >= 0.6 is 27.3 Å². The van der Waals surface area contributed by atoms with Crippen LogP contribution in [0.4, 0.5) is 10.8 Å². The number of nitrogens with zero attached hydrogens (tertiary/aromatic N) is 2. The minimum Gasteiger partial charge on any atom is -0.321 e. The molecule has 8 heteroatoms. The zero-order valence-corrected chi connectivity index (χ0v) is 18.6. The molecule has 0 bridgehead atoms. The second-order valence-electron chi connectivity index (χ2n) is 6.79. The van der Waals surface area contributed by atoms with Gasteiger partial charge in [-0.25, -0.2) is 4.98 Å². The summed E-state index contributed by atoms with van der Waals surface area (Å²) in [7, 11) is 0. The Morgan fingerprint density at radius 3 is 2.63 bits per heavy atom. The van der Waals surface area contributed by atoms with Crippen LogP contribution in [0.3, 0.4) is 0 Å². The van der Waals surface area contributed by atoms with Crippen LogP contribution < -0.4 is 10.6 Å². The normalized spacial score (nSPS) is 10.8. The summed E-state index contributed by atoms with van der Waals surface area (Å²) >= 11 is 4.72. The van der Waals surface area contributed by atoms with E-state index in [1.165, 1.54) is 17.5 Å². The number of hydrogen-bond acceptors (Lipinski definition) is 5. The highest BCUT2D eigenvalue weighted by molar-refractivity contribution is 9.10. The van der Waals surface area contributed by atoms with Gasteiger partial charge in [-0.05, 0) is 65.2 Å². The van der Waals surface area contributed by atoms with E-state index in [1.54, 1.807) is 24.4 Å². The second-order valence-corrected chi connectivity index (χ2v) is 8.73. The van der Waals surface area contributed by atoms with Crippen molar-refractivity contribution in [1.82, 2.24) is 9.97 Å². The van der Waals surface area contributed by atoms with Crippen LogP contribution in [0.25, 0.3) is 10.2 Å². The summed E-state index contributed by atoms with van der Waals surface area (Å²) in [6.07, 6.45) is 3.07. The maximum absolute atomic E-state index is 13.0. The van der Waals surface area contributed by atoms with E-state index < -0.39 is 0 Å². The molecule has 2 heterocycles. The van der Waals surface area contributed by atoms with Crippen molar-refractivity contribution in [3.63, 3.8) is 0 Å². The van der Waals surface area contributed by atoms with Crippen LogP contribution in [-0.2, 0) is 0 Å². The summed E-state index contributed by atoms with van der Waals surface area (Å²) in [4.78, 5) is 34.2. The number of thiazole rings is 1. The molecule has 6 nitrogen and oxygen atoms in total. The number of aromatic nitrogens is 2. The molecule has 0 unspecified atom stereocenters. The van der Waals surface area contributed by atoms with Crippen molar-refractivity contribution in [2.45, 2.75) is 13.8 Å². The third kappa shape index (κ3) is 4.24. The predicted octanol–water partition coefficient (Wildman–Crippen LogP) is 5.58. The van der Waals surface area contributed by atoms with Crippen molar-refractivity contribution in [1.29, 1.82) is 0 Å². The van der Waals surface area contributed by atoms with Crippen LogP contribution in [-0.4, -0.2) is 21.8 Å². The second kappa shape index (κ2) is 8.33. The average Bonchev–Trinajstić information content (AvgIpc) is 3.10. The number of carbonyl (C=O) groups is 2. The molecule has 0 spiro atoms. The Balaban J connectivity index is 1.61. The van der Waals surface area contributed by atoms with E-state index in [0.29, 0.717) is 26.4 Å². The third-order valence-electron chi connectivity index (χ3n) is 4.49. The largest absolute Gasteiger partial charge is 0.321 e. The number of halogens is 1. The van der Waals surface area contributed by atoms with Crippen LogP contribution in [0.2, 0.25) is 0 Å². The molecule has 2 aromatic heterocycles. The Morgan fingerprint density at radius 1 is 1.00 bits per heavy atom. The predicted molar refractivity (Wildman–Crippen MR) is 123 cm³/mol. The summed E-state index contributed by atoms with van der Waals surface area (Å²) < 4.78 is 1.70. The fourth-order valence-corrected chi connectivity index (χ4v) is 4.32. The number of anilines is 2. The summed E-state index contributed by atoms with van der Waals surface area (Å²) in [5, 5.41) is 6.21. The van der Waals surface area contributed by atoms with Crippen molar-refractivity contribution in [3.8, 4) is 0 Å². The number of carbonyl (C=O) groups excluding carboxylic acids is 2. The maximum atomic E-state index is 13.0. The molecule has 0 saturated heterocycles. The molecular formula is C22H17BrN4O2S. The Labute approximate surface area is 185 Å². The lowest BCUT2D eigenvalue weighted by molar-refractivity contribution is 0.102. The van der Waals surface area contributed by atoms with E-state index >= 15 is 0 Å². The van der Waals surface area contributed by atoms with Crippen molar-refractivity contribution < 1.29 is 9.59 Å². The van der Waals surface area contributed by atoms with E-state index in [1.807, 2.05) is 38.1 Å². The topological polar surface area (TPSA) is 84.0 Å². The number of fused-ring (bicyclic) bond motifs is 1. The van der Waals surface area contributed by atoms with Gasteiger partial charge < -0.3 is 5.32 Å². The number of nitrogens with one attached hydrogen (secondary N) is 2. The SMILES string of the molecule is Cc1ccc2nc(NC(=O)c3cccc(C)c3NC(=O)c3cncc(Br)c3)sc2c1. The van der Waals surface area contributed by atoms with Gasteiger partial charge in [0.1, 0.15) is 0 Å². The first-order valence-corrected chi connectivity index (χ1v) is 10.7. The van der Waals surface area contributed by atoms with Gasteiger partial charge in [0.25, 0.3) is 11.8 Å². The highest BCUT2D eigenvalue weighted by atomic mass is 79.9. The van der Waals surface area contributed by atoms with Crippen molar-refractivity contribution in [3.05, 3.63) is 81.6 Å². The molecule has 2 amide bonds.